The van der Waals surface area contributed by atoms with Crippen LogP contribution in [0.3, 0.4) is 0 Å². The third kappa shape index (κ3) is 2.70. The second kappa shape index (κ2) is 5.55. The van der Waals surface area contributed by atoms with Crippen LogP contribution in [-0.4, -0.2) is 6.61 Å². The highest BCUT2D eigenvalue weighted by Gasteiger charge is 2.34. The second-order valence-electron chi connectivity index (χ2n) is 6.54. The first kappa shape index (κ1) is 12.9. The molecule has 1 nitrogen and oxygen atoms in total. The molecule has 0 N–H and O–H groups in total. The first-order valence-corrected chi connectivity index (χ1v) is 8.18. The molecule has 4 rings (SSSR count). The summed E-state index contributed by atoms with van der Waals surface area (Å²) in [6.45, 7) is 0.843. The topological polar surface area (TPSA) is 9.23 Å². The maximum absolute atomic E-state index is 5.94. The Morgan fingerprint density at radius 2 is 1.86 bits per heavy atom. The molecule has 2 aromatic rings. The van der Waals surface area contributed by atoms with Gasteiger partial charge >= 0.3 is 0 Å². The monoisotopic (exact) mass is 278 g/mol. The average Bonchev–Trinajstić information content (AvgIpc) is 3.14. The van der Waals surface area contributed by atoms with Gasteiger partial charge in [-0.15, -0.1) is 0 Å². The molecular weight excluding hydrogens is 256 g/mol. The fraction of sp³-hybridized carbons (Fsp3) is 0.400. The van der Waals surface area contributed by atoms with Crippen molar-refractivity contribution in [1.29, 1.82) is 0 Å². The van der Waals surface area contributed by atoms with Crippen LogP contribution in [0.2, 0.25) is 0 Å². The molecule has 2 aliphatic carbocycles. The molecule has 0 saturated heterocycles. The van der Waals surface area contributed by atoms with Crippen molar-refractivity contribution in [2.75, 3.05) is 6.61 Å². The fourth-order valence-corrected chi connectivity index (χ4v) is 4.02. The third-order valence-electron chi connectivity index (χ3n) is 5.13. The van der Waals surface area contributed by atoms with Crippen molar-refractivity contribution in [3.8, 4) is 5.75 Å². The predicted molar refractivity (Wildman–Crippen MR) is 87.5 cm³/mol. The van der Waals surface area contributed by atoms with E-state index in [1.54, 1.807) is 0 Å². The smallest absolute Gasteiger partial charge is 0.119 e. The zero-order chi connectivity index (χ0) is 14.1. The molecule has 3 atom stereocenters. The van der Waals surface area contributed by atoms with Crippen LogP contribution in [0.1, 0.15) is 25.7 Å². The van der Waals surface area contributed by atoms with E-state index in [0.29, 0.717) is 0 Å². The molecule has 0 aromatic heterocycles. The van der Waals surface area contributed by atoms with Crippen LogP contribution in [0.15, 0.2) is 54.6 Å². The molecule has 0 amide bonds. The molecule has 1 heteroatoms. The van der Waals surface area contributed by atoms with Gasteiger partial charge in [0.25, 0.3) is 0 Å². The molecule has 2 aromatic carbocycles. The first-order chi connectivity index (χ1) is 10.4. The van der Waals surface area contributed by atoms with E-state index in [0.717, 1.165) is 30.1 Å². The lowest BCUT2D eigenvalue weighted by Gasteiger charge is -2.17. The lowest BCUT2D eigenvalue weighted by Crippen LogP contribution is -2.09. The molecule has 0 radical (unpaired) electrons. The van der Waals surface area contributed by atoms with E-state index in [1.807, 2.05) is 0 Å². The van der Waals surface area contributed by atoms with Gasteiger partial charge in [-0.2, -0.15) is 0 Å². The second-order valence-corrected chi connectivity index (χ2v) is 6.54. The van der Waals surface area contributed by atoms with Gasteiger partial charge in [-0.25, -0.2) is 0 Å². The van der Waals surface area contributed by atoms with Gasteiger partial charge in [0.1, 0.15) is 5.75 Å². The van der Waals surface area contributed by atoms with Gasteiger partial charge in [-0.05, 0) is 66.3 Å². The standard InChI is InChI=1S/C20H22O/c1-2-5-18-14-20(10-9-16(18)4-1)21-11-3-6-17-12-15-7-8-19(17)13-15/h1-2,4-5,7-10,14-15,17,19H,3,6,11-13H2. The Hall–Kier alpha value is -1.76. The molecule has 2 bridgehead atoms. The van der Waals surface area contributed by atoms with Crippen molar-refractivity contribution in [3.63, 3.8) is 0 Å². The van der Waals surface area contributed by atoms with E-state index < -0.39 is 0 Å². The van der Waals surface area contributed by atoms with Crippen LogP contribution in [0.25, 0.3) is 10.8 Å². The molecule has 3 unspecified atom stereocenters. The maximum atomic E-state index is 5.94. The first-order valence-electron chi connectivity index (χ1n) is 8.18. The van der Waals surface area contributed by atoms with Crippen LogP contribution < -0.4 is 4.74 Å². The SMILES string of the molecule is C1=CC2CC1CC2CCCOc1ccc2ccccc2c1. The Labute approximate surface area is 126 Å². The van der Waals surface area contributed by atoms with Gasteiger partial charge in [-0.1, -0.05) is 42.5 Å². The molecule has 21 heavy (non-hydrogen) atoms. The van der Waals surface area contributed by atoms with E-state index in [2.05, 4.69) is 54.6 Å². The van der Waals surface area contributed by atoms with Crippen LogP contribution in [0, 0.1) is 17.8 Å². The zero-order valence-corrected chi connectivity index (χ0v) is 12.4. The van der Waals surface area contributed by atoms with Crippen molar-refractivity contribution in [2.45, 2.75) is 25.7 Å². The Morgan fingerprint density at radius 1 is 0.952 bits per heavy atom. The highest BCUT2D eigenvalue weighted by molar-refractivity contribution is 5.83. The quantitative estimate of drug-likeness (QED) is 0.539. The average molecular weight is 278 g/mol. The van der Waals surface area contributed by atoms with E-state index in [-0.39, 0.29) is 0 Å². The van der Waals surface area contributed by atoms with Gasteiger partial charge in [0, 0.05) is 0 Å². The molecule has 1 fully saturated rings. The summed E-state index contributed by atoms with van der Waals surface area (Å²) in [4.78, 5) is 0. The largest absolute Gasteiger partial charge is 0.494 e. The minimum absolute atomic E-state index is 0.843. The van der Waals surface area contributed by atoms with Gasteiger partial charge < -0.3 is 4.74 Å². The molecule has 0 spiro atoms. The van der Waals surface area contributed by atoms with E-state index in [9.17, 15) is 0 Å². The highest BCUT2D eigenvalue weighted by atomic mass is 16.5. The predicted octanol–water partition coefficient (Wildman–Crippen LogP) is 5.21. The van der Waals surface area contributed by atoms with Gasteiger partial charge in [-0.3, -0.25) is 0 Å². The number of ether oxygens (including phenoxy) is 1. The summed E-state index contributed by atoms with van der Waals surface area (Å²) in [5, 5.41) is 2.53. The Bertz CT molecular complexity index is 658. The Kier molecular flexibility index (Phi) is 3.42. The minimum atomic E-state index is 0.843. The molecule has 108 valence electrons. The van der Waals surface area contributed by atoms with Crippen molar-refractivity contribution in [2.24, 2.45) is 17.8 Å². The molecule has 2 aliphatic rings. The van der Waals surface area contributed by atoms with Crippen LogP contribution in [0.5, 0.6) is 5.75 Å². The van der Waals surface area contributed by atoms with Crippen LogP contribution in [0.4, 0.5) is 0 Å². The Morgan fingerprint density at radius 3 is 2.67 bits per heavy atom. The maximum Gasteiger partial charge on any atom is 0.119 e. The molecular formula is C20H22O. The van der Waals surface area contributed by atoms with Crippen LogP contribution >= 0.6 is 0 Å². The third-order valence-corrected chi connectivity index (χ3v) is 5.13. The van der Waals surface area contributed by atoms with Gasteiger partial charge in [0.15, 0.2) is 0 Å². The number of hydrogen-bond donors (Lipinski definition) is 0. The van der Waals surface area contributed by atoms with E-state index in [4.69, 9.17) is 4.74 Å². The highest BCUT2D eigenvalue weighted by Crippen LogP contribution is 2.45. The summed E-state index contributed by atoms with van der Waals surface area (Å²) in [7, 11) is 0. The molecule has 0 aliphatic heterocycles. The minimum Gasteiger partial charge on any atom is -0.494 e. The molecule has 0 heterocycles. The number of benzene rings is 2. The van der Waals surface area contributed by atoms with E-state index >= 15 is 0 Å². The summed E-state index contributed by atoms with van der Waals surface area (Å²) in [6.07, 6.45) is 10.2. The van der Waals surface area contributed by atoms with Crippen molar-refractivity contribution < 1.29 is 4.74 Å². The number of allylic oxidation sites excluding steroid dienone is 2. The lowest BCUT2D eigenvalue weighted by atomic mass is 9.89. The zero-order valence-electron chi connectivity index (χ0n) is 12.4. The van der Waals surface area contributed by atoms with Crippen LogP contribution in [-0.2, 0) is 0 Å². The number of hydrogen-bond acceptors (Lipinski definition) is 1. The van der Waals surface area contributed by atoms with Crippen molar-refractivity contribution in [1.82, 2.24) is 0 Å². The lowest BCUT2D eigenvalue weighted by molar-refractivity contribution is 0.283. The molecule has 1 saturated carbocycles. The Balaban J connectivity index is 1.29. The van der Waals surface area contributed by atoms with Crippen molar-refractivity contribution >= 4 is 10.8 Å². The fourth-order valence-electron chi connectivity index (χ4n) is 4.02. The summed E-state index contributed by atoms with van der Waals surface area (Å²) in [5.41, 5.74) is 0. The summed E-state index contributed by atoms with van der Waals surface area (Å²) < 4.78 is 5.94. The van der Waals surface area contributed by atoms with Gasteiger partial charge in [0.2, 0.25) is 0 Å². The van der Waals surface area contributed by atoms with Crippen molar-refractivity contribution in [3.05, 3.63) is 54.6 Å². The van der Waals surface area contributed by atoms with E-state index in [1.165, 1.54) is 36.5 Å². The van der Waals surface area contributed by atoms with Gasteiger partial charge in [0.05, 0.1) is 6.61 Å². The summed E-state index contributed by atoms with van der Waals surface area (Å²) in [5.74, 6) is 3.68. The summed E-state index contributed by atoms with van der Waals surface area (Å²) >= 11 is 0. The number of fused-ring (bicyclic) bond motifs is 3. The summed E-state index contributed by atoms with van der Waals surface area (Å²) in [6, 6.07) is 14.8. The normalized spacial score (nSPS) is 26.6. The number of rotatable bonds is 5.